The summed E-state index contributed by atoms with van der Waals surface area (Å²) in [5, 5.41) is 2.74. The third-order valence-electron chi connectivity index (χ3n) is 3.38. The summed E-state index contributed by atoms with van der Waals surface area (Å²) in [5.41, 5.74) is 12.6. The van der Waals surface area contributed by atoms with Gasteiger partial charge in [-0.1, -0.05) is 27.7 Å². The Morgan fingerprint density at radius 1 is 0.806 bits per heavy atom. The standard InChI is InChI=1S/C18H29N3O6.2C2H6/c19-16-3-2-15(14-17(16)20)18(23)21-4-7-25-9-11-27-13-12-26-10-8-24-6-1-5-22;2*1-2/h2-3,5,14H,1,4,6-13,19-20H2,(H,21,23);2*1-2H3. The molecule has 0 saturated heterocycles. The molecular weight excluding hydrogens is 402 g/mol. The van der Waals surface area contributed by atoms with Crippen LogP contribution in [0.5, 0.6) is 0 Å². The van der Waals surface area contributed by atoms with Gasteiger partial charge in [-0.05, 0) is 18.2 Å². The zero-order valence-electron chi connectivity index (χ0n) is 19.5. The van der Waals surface area contributed by atoms with E-state index in [0.717, 1.165) is 6.29 Å². The highest BCUT2D eigenvalue weighted by Crippen LogP contribution is 2.15. The fraction of sp³-hybridized carbons (Fsp3) is 0.636. The second-order valence-electron chi connectivity index (χ2n) is 5.50. The number of hydrogen-bond acceptors (Lipinski definition) is 8. The van der Waals surface area contributed by atoms with Crippen LogP contribution in [-0.4, -0.2) is 71.6 Å². The van der Waals surface area contributed by atoms with Crippen LogP contribution in [0.25, 0.3) is 0 Å². The smallest absolute Gasteiger partial charge is 0.251 e. The maximum absolute atomic E-state index is 11.9. The molecule has 0 spiro atoms. The molecule has 31 heavy (non-hydrogen) atoms. The summed E-state index contributed by atoms with van der Waals surface area (Å²) >= 11 is 0. The Hall–Kier alpha value is -2.20. The van der Waals surface area contributed by atoms with Crippen LogP contribution in [0.15, 0.2) is 18.2 Å². The van der Waals surface area contributed by atoms with E-state index < -0.39 is 0 Å². The normalized spacial score (nSPS) is 9.68. The van der Waals surface area contributed by atoms with E-state index in [4.69, 9.17) is 30.4 Å². The van der Waals surface area contributed by atoms with Crippen LogP contribution in [0.2, 0.25) is 0 Å². The van der Waals surface area contributed by atoms with Gasteiger partial charge in [-0.25, -0.2) is 0 Å². The average Bonchev–Trinajstić information content (AvgIpc) is 2.80. The molecule has 0 aliphatic heterocycles. The fourth-order valence-corrected chi connectivity index (χ4v) is 1.95. The molecule has 5 N–H and O–H groups in total. The van der Waals surface area contributed by atoms with Crippen molar-refractivity contribution >= 4 is 23.6 Å². The second-order valence-corrected chi connectivity index (χ2v) is 5.50. The summed E-state index contributed by atoms with van der Waals surface area (Å²) in [4.78, 5) is 22.0. The lowest BCUT2D eigenvalue weighted by Gasteiger charge is -2.08. The SMILES string of the molecule is CC.CC.Nc1ccc(C(=O)NCCOCCOCCOCCOCCC=O)cc1N. The maximum atomic E-state index is 11.9. The van der Waals surface area contributed by atoms with Gasteiger partial charge in [0.1, 0.15) is 6.29 Å². The van der Waals surface area contributed by atoms with Gasteiger partial charge in [0, 0.05) is 18.5 Å². The molecule has 0 aliphatic rings. The summed E-state index contributed by atoms with van der Waals surface area (Å²) in [6.07, 6.45) is 1.23. The van der Waals surface area contributed by atoms with Crippen molar-refractivity contribution in [3.8, 4) is 0 Å². The van der Waals surface area contributed by atoms with Gasteiger partial charge in [0.2, 0.25) is 0 Å². The number of aldehydes is 1. The van der Waals surface area contributed by atoms with E-state index in [1.807, 2.05) is 27.7 Å². The predicted octanol–water partition coefficient (Wildman–Crippen LogP) is 2.29. The Balaban J connectivity index is 0. The van der Waals surface area contributed by atoms with Gasteiger partial charge in [0.25, 0.3) is 5.91 Å². The number of nitrogens with one attached hydrogen (secondary N) is 1. The summed E-state index contributed by atoms with van der Waals surface area (Å²) in [5.74, 6) is -0.228. The Bertz CT molecular complexity index is 558. The molecule has 0 unspecified atom stereocenters. The molecule has 1 amide bonds. The number of anilines is 2. The minimum atomic E-state index is -0.228. The molecule has 0 heterocycles. The summed E-state index contributed by atoms with van der Waals surface area (Å²) in [6.45, 7) is 11.9. The molecule has 1 aromatic rings. The van der Waals surface area contributed by atoms with Crippen LogP contribution in [-0.2, 0) is 23.7 Å². The molecule has 9 heteroatoms. The van der Waals surface area contributed by atoms with E-state index in [-0.39, 0.29) is 5.91 Å². The Kier molecular flexibility index (Phi) is 24.1. The highest BCUT2D eigenvalue weighted by molar-refractivity contribution is 5.95. The van der Waals surface area contributed by atoms with E-state index in [1.165, 1.54) is 0 Å². The van der Waals surface area contributed by atoms with Gasteiger partial charge < -0.3 is 40.5 Å². The van der Waals surface area contributed by atoms with Crippen LogP contribution >= 0.6 is 0 Å². The molecule has 0 bridgehead atoms. The molecule has 0 saturated carbocycles. The van der Waals surface area contributed by atoms with Crippen molar-refractivity contribution in [3.05, 3.63) is 23.8 Å². The molecule has 0 radical (unpaired) electrons. The molecule has 180 valence electrons. The molecule has 1 rings (SSSR count). The van der Waals surface area contributed by atoms with Crippen molar-refractivity contribution in [1.82, 2.24) is 5.32 Å². The number of rotatable bonds is 16. The van der Waals surface area contributed by atoms with Gasteiger partial charge in [0.15, 0.2) is 0 Å². The van der Waals surface area contributed by atoms with Crippen molar-refractivity contribution in [2.75, 3.05) is 70.9 Å². The first-order valence-electron chi connectivity index (χ1n) is 10.8. The van der Waals surface area contributed by atoms with Gasteiger partial charge in [-0.15, -0.1) is 0 Å². The highest BCUT2D eigenvalue weighted by atomic mass is 16.6. The molecule has 0 aliphatic carbocycles. The average molecular weight is 444 g/mol. The topological polar surface area (TPSA) is 135 Å². The molecule has 0 fully saturated rings. The van der Waals surface area contributed by atoms with E-state index in [2.05, 4.69) is 5.32 Å². The second kappa shape index (κ2) is 24.1. The highest BCUT2D eigenvalue weighted by Gasteiger charge is 2.06. The number of amides is 1. The number of hydrogen-bond donors (Lipinski definition) is 3. The largest absolute Gasteiger partial charge is 0.397 e. The van der Waals surface area contributed by atoms with Crippen LogP contribution in [0.4, 0.5) is 11.4 Å². The zero-order chi connectivity index (χ0) is 23.7. The summed E-state index contributed by atoms with van der Waals surface area (Å²) in [6, 6.07) is 4.76. The third kappa shape index (κ3) is 18.3. The van der Waals surface area contributed by atoms with Gasteiger partial charge >= 0.3 is 0 Å². The first-order chi connectivity index (χ1) is 15.1. The van der Waals surface area contributed by atoms with Crippen LogP contribution in [0, 0.1) is 0 Å². The lowest BCUT2D eigenvalue weighted by atomic mass is 10.1. The summed E-state index contributed by atoms with van der Waals surface area (Å²) in [7, 11) is 0. The van der Waals surface area contributed by atoms with Crippen molar-refractivity contribution in [1.29, 1.82) is 0 Å². The van der Waals surface area contributed by atoms with Crippen LogP contribution in [0.1, 0.15) is 44.5 Å². The molecule has 0 aromatic heterocycles. The van der Waals surface area contributed by atoms with Crippen molar-refractivity contribution in [3.63, 3.8) is 0 Å². The number of carbonyl (C=O) groups is 2. The number of nitrogens with two attached hydrogens (primary N) is 2. The number of carbonyl (C=O) groups excluding carboxylic acids is 2. The van der Waals surface area contributed by atoms with E-state index in [1.54, 1.807) is 18.2 Å². The monoisotopic (exact) mass is 443 g/mol. The van der Waals surface area contributed by atoms with Crippen molar-refractivity contribution in [2.24, 2.45) is 0 Å². The van der Waals surface area contributed by atoms with E-state index in [9.17, 15) is 9.59 Å². The Morgan fingerprint density at radius 2 is 1.29 bits per heavy atom. The number of benzene rings is 1. The predicted molar refractivity (Wildman–Crippen MR) is 124 cm³/mol. The quantitative estimate of drug-likeness (QED) is 0.201. The fourth-order valence-electron chi connectivity index (χ4n) is 1.95. The van der Waals surface area contributed by atoms with Crippen molar-refractivity contribution < 1.29 is 28.5 Å². The van der Waals surface area contributed by atoms with Crippen molar-refractivity contribution in [2.45, 2.75) is 34.1 Å². The van der Waals surface area contributed by atoms with Crippen LogP contribution in [0.3, 0.4) is 0 Å². The van der Waals surface area contributed by atoms with E-state index in [0.29, 0.717) is 82.8 Å². The first kappa shape index (κ1) is 31.0. The molecule has 0 atom stereocenters. The van der Waals surface area contributed by atoms with Gasteiger partial charge in [-0.3, -0.25) is 4.79 Å². The van der Waals surface area contributed by atoms with Gasteiger partial charge in [-0.2, -0.15) is 0 Å². The minimum Gasteiger partial charge on any atom is -0.397 e. The van der Waals surface area contributed by atoms with E-state index >= 15 is 0 Å². The third-order valence-corrected chi connectivity index (χ3v) is 3.38. The van der Waals surface area contributed by atoms with Crippen LogP contribution < -0.4 is 16.8 Å². The Morgan fingerprint density at radius 3 is 1.77 bits per heavy atom. The zero-order valence-corrected chi connectivity index (χ0v) is 19.5. The minimum absolute atomic E-state index is 0.228. The molecular formula is C22H41N3O6. The molecule has 9 nitrogen and oxygen atoms in total. The van der Waals surface area contributed by atoms with Gasteiger partial charge in [0.05, 0.1) is 64.2 Å². The Labute approximate surface area is 186 Å². The number of ether oxygens (including phenoxy) is 4. The number of nitrogen functional groups attached to an aromatic ring is 2. The summed E-state index contributed by atoms with van der Waals surface area (Å²) < 4.78 is 21.2. The maximum Gasteiger partial charge on any atom is 0.251 e. The molecule has 1 aromatic carbocycles. The lowest BCUT2D eigenvalue weighted by molar-refractivity contribution is -0.108. The lowest BCUT2D eigenvalue weighted by Crippen LogP contribution is -2.27. The first-order valence-corrected chi connectivity index (χ1v) is 10.8.